The summed E-state index contributed by atoms with van der Waals surface area (Å²) in [5.74, 6) is 1.08. The van der Waals surface area contributed by atoms with Gasteiger partial charge in [0.05, 0.1) is 11.0 Å². The fourth-order valence-corrected chi connectivity index (χ4v) is 3.82. The van der Waals surface area contributed by atoms with Gasteiger partial charge in [-0.25, -0.2) is 4.98 Å². The van der Waals surface area contributed by atoms with Crippen molar-refractivity contribution >= 4 is 16.8 Å². The summed E-state index contributed by atoms with van der Waals surface area (Å²) in [6, 6.07) is 15.2. The second-order valence-electron chi connectivity index (χ2n) is 7.79. The van der Waals surface area contributed by atoms with Crippen molar-refractivity contribution in [1.29, 1.82) is 0 Å². The predicted octanol–water partition coefficient (Wildman–Crippen LogP) is 5.59. The van der Waals surface area contributed by atoms with Gasteiger partial charge in [-0.2, -0.15) is 0 Å². The Bertz CT molecular complexity index is 1230. The summed E-state index contributed by atoms with van der Waals surface area (Å²) >= 11 is 0. The van der Waals surface area contributed by atoms with Crippen LogP contribution in [0.3, 0.4) is 0 Å². The fraction of sp³-hybridized carbons (Fsp3) is 0.200. The number of carbonyl (C=O) groups is 1. The van der Waals surface area contributed by atoms with Gasteiger partial charge in [0.2, 0.25) is 0 Å². The van der Waals surface area contributed by atoms with E-state index in [0.29, 0.717) is 12.0 Å². The monoisotopic (exact) mass is 384 g/mol. The van der Waals surface area contributed by atoms with Gasteiger partial charge >= 0.3 is 0 Å². The van der Waals surface area contributed by atoms with E-state index < -0.39 is 0 Å². The Hall–Kier alpha value is -3.40. The van der Waals surface area contributed by atoms with Gasteiger partial charge in [-0.3, -0.25) is 4.79 Å². The molecule has 1 aromatic heterocycles. The number of imidazole rings is 1. The lowest BCUT2D eigenvalue weighted by Gasteiger charge is -2.07. The first-order valence-electron chi connectivity index (χ1n) is 9.71. The number of hydrogen-bond acceptors (Lipinski definition) is 3. The second kappa shape index (κ2) is 7.21. The first-order valence-corrected chi connectivity index (χ1v) is 9.71. The Balaban J connectivity index is 1.66. The number of phenolic OH excluding ortho intramolecular Hbond substituents is 1. The highest BCUT2D eigenvalue weighted by molar-refractivity contribution is 6.00. The summed E-state index contributed by atoms with van der Waals surface area (Å²) < 4.78 is 0. The van der Waals surface area contributed by atoms with Gasteiger partial charge in [-0.15, -0.1) is 0 Å². The molecule has 0 bridgehead atoms. The Labute approximate surface area is 170 Å². The highest BCUT2D eigenvalue weighted by Crippen LogP contribution is 2.30. The standard InChI is InChI=1S/C25H24N2O2/c1-14-5-6-18(9-15(14)2)12-23(29)19-7-8-21-22(13-19)27-25(26-21)24-16(3)10-20(28)11-17(24)4/h5-11,13,28H,12H2,1-4H3,(H,26,27). The minimum Gasteiger partial charge on any atom is -0.508 e. The first kappa shape index (κ1) is 18.9. The van der Waals surface area contributed by atoms with Gasteiger partial charge in [-0.05, 0) is 85.8 Å². The number of aryl methyl sites for hydroxylation is 4. The Kier molecular flexibility index (Phi) is 4.71. The number of fused-ring (bicyclic) bond motifs is 1. The molecule has 0 atom stereocenters. The van der Waals surface area contributed by atoms with Crippen molar-refractivity contribution < 1.29 is 9.90 Å². The van der Waals surface area contributed by atoms with Crippen molar-refractivity contribution in [3.05, 3.63) is 81.9 Å². The third kappa shape index (κ3) is 3.66. The lowest BCUT2D eigenvalue weighted by Crippen LogP contribution is -2.04. The van der Waals surface area contributed by atoms with Crippen molar-refractivity contribution in [3.63, 3.8) is 0 Å². The van der Waals surface area contributed by atoms with Gasteiger partial charge in [0.15, 0.2) is 5.78 Å². The molecule has 146 valence electrons. The second-order valence-corrected chi connectivity index (χ2v) is 7.79. The van der Waals surface area contributed by atoms with Crippen LogP contribution in [0.15, 0.2) is 48.5 Å². The average molecular weight is 384 g/mol. The zero-order valence-corrected chi connectivity index (χ0v) is 17.1. The molecule has 0 saturated heterocycles. The highest BCUT2D eigenvalue weighted by Gasteiger charge is 2.14. The third-order valence-electron chi connectivity index (χ3n) is 5.49. The van der Waals surface area contributed by atoms with Gasteiger partial charge in [0.25, 0.3) is 0 Å². The van der Waals surface area contributed by atoms with Crippen LogP contribution in [0.25, 0.3) is 22.4 Å². The molecule has 4 heteroatoms. The molecule has 0 aliphatic carbocycles. The molecule has 4 rings (SSSR count). The van der Waals surface area contributed by atoms with Crippen molar-refractivity contribution in [3.8, 4) is 17.1 Å². The molecule has 0 unspecified atom stereocenters. The SMILES string of the molecule is Cc1ccc(CC(=O)c2ccc3nc(-c4c(C)cc(O)cc4C)[nH]c3c2)cc1C. The summed E-state index contributed by atoms with van der Waals surface area (Å²) in [7, 11) is 0. The molecule has 0 fully saturated rings. The summed E-state index contributed by atoms with van der Waals surface area (Å²) in [5, 5.41) is 9.79. The van der Waals surface area contributed by atoms with Crippen LogP contribution in [0.1, 0.15) is 38.2 Å². The van der Waals surface area contributed by atoms with Crippen molar-refractivity contribution in [2.45, 2.75) is 34.1 Å². The number of ketones is 1. The maximum atomic E-state index is 12.8. The fourth-order valence-electron chi connectivity index (χ4n) is 3.82. The highest BCUT2D eigenvalue weighted by atomic mass is 16.3. The van der Waals surface area contributed by atoms with Crippen LogP contribution >= 0.6 is 0 Å². The number of nitrogens with zero attached hydrogens (tertiary/aromatic N) is 1. The number of Topliss-reactive ketones (excluding diaryl/α,β-unsaturated/α-hetero) is 1. The van der Waals surface area contributed by atoms with Crippen LogP contribution in [-0.2, 0) is 6.42 Å². The normalized spacial score (nSPS) is 11.2. The third-order valence-corrected chi connectivity index (χ3v) is 5.49. The molecule has 0 saturated carbocycles. The van der Waals surface area contributed by atoms with Crippen LogP contribution in [0.5, 0.6) is 5.75 Å². The van der Waals surface area contributed by atoms with Crippen molar-refractivity contribution in [2.24, 2.45) is 0 Å². The number of benzene rings is 3. The predicted molar refractivity (Wildman–Crippen MR) is 117 cm³/mol. The Morgan fingerprint density at radius 2 is 1.62 bits per heavy atom. The van der Waals surface area contributed by atoms with Crippen LogP contribution in [0.2, 0.25) is 0 Å². The van der Waals surface area contributed by atoms with E-state index in [9.17, 15) is 9.90 Å². The van der Waals surface area contributed by atoms with E-state index >= 15 is 0 Å². The zero-order chi connectivity index (χ0) is 20.7. The van der Waals surface area contributed by atoms with E-state index in [1.165, 1.54) is 11.1 Å². The Morgan fingerprint density at radius 3 is 2.31 bits per heavy atom. The van der Waals surface area contributed by atoms with E-state index in [2.05, 4.69) is 31.0 Å². The maximum Gasteiger partial charge on any atom is 0.167 e. The van der Waals surface area contributed by atoms with E-state index in [0.717, 1.165) is 39.1 Å². The van der Waals surface area contributed by atoms with Gasteiger partial charge in [0.1, 0.15) is 11.6 Å². The molecule has 0 amide bonds. The zero-order valence-electron chi connectivity index (χ0n) is 17.1. The van der Waals surface area contributed by atoms with E-state index in [1.807, 2.05) is 38.1 Å². The number of aromatic amines is 1. The Morgan fingerprint density at radius 1 is 0.897 bits per heavy atom. The van der Waals surface area contributed by atoms with E-state index in [-0.39, 0.29) is 11.5 Å². The van der Waals surface area contributed by atoms with Crippen LogP contribution < -0.4 is 0 Å². The smallest absolute Gasteiger partial charge is 0.167 e. The molecule has 4 aromatic rings. The minimum atomic E-state index is 0.0864. The number of H-pyrrole nitrogens is 1. The number of aromatic hydroxyl groups is 1. The largest absolute Gasteiger partial charge is 0.508 e. The number of hydrogen-bond donors (Lipinski definition) is 2. The van der Waals surface area contributed by atoms with Gasteiger partial charge in [0, 0.05) is 17.5 Å². The van der Waals surface area contributed by atoms with E-state index in [1.54, 1.807) is 12.1 Å². The number of rotatable bonds is 4. The number of carbonyl (C=O) groups excluding carboxylic acids is 1. The summed E-state index contributed by atoms with van der Waals surface area (Å²) in [6.07, 6.45) is 0.379. The van der Waals surface area contributed by atoms with Gasteiger partial charge < -0.3 is 10.1 Å². The molecule has 0 aliphatic heterocycles. The molecule has 4 nitrogen and oxygen atoms in total. The summed E-state index contributed by atoms with van der Waals surface area (Å²) in [4.78, 5) is 20.8. The lowest BCUT2D eigenvalue weighted by molar-refractivity contribution is 0.0993. The molecule has 3 aromatic carbocycles. The molecule has 1 heterocycles. The van der Waals surface area contributed by atoms with E-state index in [4.69, 9.17) is 4.98 Å². The number of aromatic nitrogens is 2. The lowest BCUT2D eigenvalue weighted by atomic mass is 9.99. The molecule has 29 heavy (non-hydrogen) atoms. The average Bonchev–Trinajstić information content (AvgIpc) is 3.06. The van der Waals surface area contributed by atoms with Crippen molar-refractivity contribution in [1.82, 2.24) is 9.97 Å². The molecule has 0 aliphatic rings. The van der Waals surface area contributed by atoms with Crippen LogP contribution in [-0.4, -0.2) is 20.9 Å². The topological polar surface area (TPSA) is 66.0 Å². The van der Waals surface area contributed by atoms with Gasteiger partial charge in [-0.1, -0.05) is 18.2 Å². The summed E-state index contributed by atoms with van der Waals surface area (Å²) in [5.41, 5.74) is 8.65. The molecule has 0 spiro atoms. The molecular weight excluding hydrogens is 360 g/mol. The quantitative estimate of drug-likeness (QED) is 0.451. The van der Waals surface area contributed by atoms with Crippen LogP contribution in [0, 0.1) is 27.7 Å². The minimum absolute atomic E-state index is 0.0864. The molecule has 0 radical (unpaired) electrons. The van der Waals surface area contributed by atoms with Crippen molar-refractivity contribution in [2.75, 3.05) is 0 Å². The molecule has 2 N–H and O–H groups in total. The molecular formula is C25H24N2O2. The number of phenols is 1. The summed E-state index contributed by atoms with van der Waals surface area (Å²) in [6.45, 7) is 8.04. The van der Waals surface area contributed by atoms with Crippen LogP contribution in [0.4, 0.5) is 0 Å². The number of nitrogens with one attached hydrogen (secondary N) is 1. The first-order chi connectivity index (χ1) is 13.8. The maximum absolute atomic E-state index is 12.8.